The molecular weight excluding hydrogens is 194 g/mol. The molecule has 1 rings (SSSR count). The van der Waals surface area contributed by atoms with Crippen molar-refractivity contribution in [3.8, 4) is 0 Å². The number of aliphatic hydroxyl groups excluding tert-OH is 1. The molecule has 0 bridgehead atoms. The van der Waals surface area contributed by atoms with Crippen molar-refractivity contribution < 1.29 is 5.11 Å². The molecule has 3 heteroatoms. The highest BCUT2D eigenvalue weighted by molar-refractivity contribution is 7.99. The fraction of sp³-hybridized carbons (Fsp3) is 0.636. The molecule has 2 unspecified atom stereocenters. The Morgan fingerprint density at radius 3 is 2.21 bits per heavy atom. The zero-order valence-electron chi connectivity index (χ0n) is 9.32. The Morgan fingerprint density at radius 1 is 1.36 bits per heavy atom. The summed E-state index contributed by atoms with van der Waals surface area (Å²) in [6.45, 7) is 6.62. The summed E-state index contributed by atoms with van der Waals surface area (Å²) in [7, 11) is 0. The lowest BCUT2D eigenvalue weighted by Crippen LogP contribution is -2.23. The van der Waals surface area contributed by atoms with Crippen molar-refractivity contribution in [2.24, 2.45) is 0 Å². The third-order valence-electron chi connectivity index (χ3n) is 2.75. The minimum atomic E-state index is 0.236. The molecule has 0 spiro atoms. The predicted molar refractivity (Wildman–Crippen MR) is 63.0 cm³/mol. The van der Waals surface area contributed by atoms with Gasteiger partial charge in [0, 0.05) is 22.7 Å². The lowest BCUT2D eigenvalue weighted by atomic mass is 10.2. The second kappa shape index (κ2) is 4.89. The highest BCUT2D eigenvalue weighted by Crippen LogP contribution is 2.25. The number of hydrogen-bond acceptors (Lipinski definition) is 2. The Hall–Kier alpha value is -0.410. The number of thioether (sulfide) groups is 1. The highest BCUT2D eigenvalue weighted by Gasteiger charge is 2.18. The third kappa shape index (κ3) is 2.15. The van der Waals surface area contributed by atoms with E-state index >= 15 is 0 Å². The van der Waals surface area contributed by atoms with Gasteiger partial charge >= 0.3 is 0 Å². The molecule has 0 aromatic carbocycles. The summed E-state index contributed by atoms with van der Waals surface area (Å²) in [6, 6.07) is 4.60. The number of rotatable bonds is 4. The molecule has 0 fully saturated rings. The van der Waals surface area contributed by atoms with Crippen LogP contribution in [0.5, 0.6) is 0 Å². The van der Waals surface area contributed by atoms with Crippen LogP contribution < -0.4 is 0 Å². The summed E-state index contributed by atoms with van der Waals surface area (Å²) < 4.78 is 2.29. The molecule has 0 saturated carbocycles. The fourth-order valence-electron chi connectivity index (χ4n) is 1.91. The summed E-state index contributed by atoms with van der Waals surface area (Å²) >= 11 is 1.72. The Balaban J connectivity index is 2.92. The van der Waals surface area contributed by atoms with Gasteiger partial charge in [-0.1, -0.05) is 0 Å². The minimum Gasteiger partial charge on any atom is -0.395 e. The molecule has 0 aliphatic carbocycles. The lowest BCUT2D eigenvalue weighted by molar-refractivity contribution is 0.269. The van der Waals surface area contributed by atoms with Crippen LogP contribution in [-0.4, -0.2) is 27.8 Å². The Morgan fingerprint density at radius 2 is 1.86 bits per heavy atom. The van der Waals surface area contributed by atoms with Crippen LogP contribution in [0.2, 0.25) is 0 Å². The highest BCUT2D eigenvalue weighted by atomic mass is 32.2. The molecule has 0 saturated heterocycles. The molecule has 2 atom stereocenters. The SMILES string of the molecule is CSC(CO)C(C)n1c(C)ccc1C. The van der Waals surface area contributed by atoms with Crippen LogP contribution in [-0.2, 0) is 0 Å². The van der Waals surface area contributed by atoms with E-state index in [4.69, 9.17) is 0 Å². The van der Waals surface area contributed by atoms with Gasteiger partial charge in [-0.15, -0.1) is 0 Å². The van der Waals surface area contributed by atoms with Gasteiger partial charge in [-0.2, -0.15) is 11.8 Å². The molecule has 2 nitrogen and oxygen atoms in total. The van der Waals surface area contributed by atoms with Gasteiger partial charge in [0.15, 0.2) is 0 Å². The maximum atomic E-state index is 9.24. The zero-order chi connectivity index (χ0) is 10.7. The van der Waals surface area contributed by atoms with E-state index in [1.54, 1.807) is 11.8 Å². The largest absolute Gasteiger partial charge is 0.395 e. The van der Waals surface area contributed by atoms with E-state index in [0.29, 0.717) is 6.04 Å². The van der Waals surface area contributed by atoms with E-state index in [-0.39, 0.29) is 11.9 Å². The maximum absolute atomic E-state index is 9.24. The maximum Gasteiger partial charge on any atom is 0.0569 e. The smallest absolute Gasteiger partial charge is 0.0569 e. The minimum absolute atomic E-state index is 0.236. The number of aliphatic hydroxyl groups is 1. The Bertz CT molecular complexity index is 272. The molecule has 1 N–H and O–H groups in total. The second-order valence-electron chi connectivity index (χ2n) is 3.68. The quantitative estimate of drug-likeness (QED) is 0.831. The first-order chi connectivity index (χ1) is 6.61. The Kier molecular flexibility index (Phi) is 4.08. The molecule has 80 valence electrons. The van der Waals surface area contributed by atoms with E-state index < -0.39 is 0 Å². The Labute approximate surface area is 90.3 Å². The summed E-state index contributed by atoms with van der Waals surface area (Å²) in [5.74, 6) is 0. The van der Waals surface area contributed by atoms with Crippen molar-refractivity contribution in [1.82, 2.24) is 4.57 Å². The van der Waals surface area contributed by atoms with Crippen molar-refractivity contribution in [2.75, 3.05) is 12.9 Å². The van der Waals surface area contributed by atoms with Crippen LogP contribution in [0.3, 0.4) is 0 Å². The normalized spacial score (nSPS) is 15.5. The number of nitrogens with zero attached hydrogens (tertiary/aromatic N) is 1. The van der Waals surface area contributed by atoms with Gasteiger partial charge in [0.1, 0.15) is 0 Å². The summed E-state index contributed by atoms with van der Waals surface area (Å²) in [6.07, 6.45) is 2.05. The van der Waals surface area contributed by atoms with Gasteiger partial charge in [0.25, 0.3) is 0 Å². The van der Waals surface area contributed by atoms with E-state index in [1.165, 1.54) is 11.4 Å². The van der Waals surface area contributed by atoms with E-state index in [9.17, 15) is 5.11 Å². The van der Waals surface area contributed by atoms with E-state index in [0.717, 1.165) is 0 Å². The van der Waals surface area contributed by atoms with Crippen LogP contribution in [0.15, 0.2) is 12.1 Å². The average molecular weight is 213 g/mol. The lowest BCUT2D eigenvalue weighted by Gasteiger charge is -2.24. The average Bonchev–Trinajstić information content (AvgIpc) is 2.48. The molecule has 0 aliphatic heterocycles. The van der Waals surface area contributed by atoms with Gasteiger partial charge in [-0.05, 0) is 39.2 Å². The summed E-state index contributed by atoms with van der Waals surface area (Å²) in [5.41, 5.74) is 2.53. The van der Waals surface area contributed by atoms with Crippen molar-refractivity contribution in [3.05, 3.63) is 23.5 Å². The van der Waals surface area contributed by atoms with E-state index in [1.807, 2.05) is 6.26 Å². The first-order valence-corrected chi connectivity index (χ1v) is 6.18. The molecule has 14 heavy (non-hydrogen) atoms. The molecule has 0 aliphatic rings. The predicted octanol–water partition coefficient (Wildman–Crippen LogP) is 2.39. The molecule has 0 radical (unpaired) electrons. The standard InChI is InChI=1S/C11H19NOS/c1-8-5-6-9(2)12(8)10(3)11(7-13)14-4/h5-6,10-11,13H,7H2,1-4H3. The molecule has 1 aromatic heterocycles. The van der Waals surface area contributed by atoms with Crippen LogP contribution >= 0.6 is 11.8 Å². The fourth-order valence-corrected chi connectivity index (χ4v) is 2.58. The van der Waals surface area contributed by atoms with Gasteiger partial charge in [-0.25, -0.2) is 0 Å². The first-order valence-electron chi connectivity index (χ1n) is 4.90. The van der Waals surface area contributed by atoms with Gasteiger partial charge in [-0.3, -0.25) is 0 Å². The topological polar surface area (TPSA) is 25.2 Å². The first kappa shape index (κ1) is 11.7. The van der Waals surface area contributed by atoms with Crippen LogP contribution in [0.1, 0.15) is 24.4 Å². The van der Waals surface area contributed by atoms with Crippen LogP contribution in [0.4, 0.5) is 0 Å². The van der Waals surface area contributed by atoms with E-state index in [2.05, 4.69) is 37.5 Å². The molecule has 0 amide bonds. The molecular formula is C11H19NOS. The molecule has 1 heterocycles. The number of aromatic nitrogens is 1. The third-order valence-corrected chi connectivity index (χ3v) is 3.90. The number of hydrogen-bond donors (Lipinski definition) is 1. The van der Waals surface area contributed by atoms with Gasteiger partial charge in [0.05, 0.1) is 6.61 Å². The van der Waals surface area contributed by atoms with Gasteiger partial charge < -0.3 is 9.67 Å². The van der Waals surface area contributed by atoms with Crippen molar-refractivity contribution >= 4 is 11.8 Å². The van der Waals surface area contributed by atoms with Crippen molar-refractivity contribution in [3.63, 3.8) is 0 Å². The second-order valence-corrected chi connectivity index (χ2v) is 4.76. The summed E-state index contributed by atoms with van der Waals surface area (Å²) in [4.78, 5) is 0. The van der Waals surface area contributed by atoms with Crippen LogP contribution in [0.25, 0.3) is 0 Å². The van der Waals surface area contributed by atoms with Crippen molar-refractivity contribution in [1.29, 1.82) is 0 Å². The van der Waals surface area contributed by atoms with Crippen LogP contribution in [0, 0.1) is 13.8 Å². The molecule has 1 aromatic rings. The summed E-state index contributed by atoms with van der Waals surface area (Å²) in [5, 5.41) is 9.52. The number of aryl methyl sites for hydroxylation is 2. The monoisotopic (exact) mass is 213 g/mol. The van der Waals surface area contributed by atoms with Crippen molar-refractivity contribution in [2.45, 2.75) is 32.1 Å². The van der Waals surface area contributed by atoms with Gasteiger partial charge in [0.2, 0.25) is 0 Å². The zero-order valence-corrected chi connectivity index (χ0v) is 10.1.